The molecule has 1 aromatic carbocycles. The van der Waals surface area contributed by atoms with Crippen LogP contribution in [0, 0.1) is 0 Å². The summed E-state index contributed by atoms with van der Waals surface area (Å²) in [4.78, 5) is 15.4. The number of carbonyl (C=O) groups is 1. The Bertz CT molecular complexity index is 696. The van der Waals surface area contributed by atoms with Crippen LogP contribution in [0.5, 0.6) is 0 Å². The molecule has 5 nitrogen and oxygen atoms in total. The molecule has 0 aliphatic carbocycles. The van der Waals surface area contributed by atoms with E-state index in [2.05, 4.69) is 4.90 Å². The molecule has 2 fully saturated rings. The molecule has 1 aromatic rings. The standard InChI is InChI=1S/C16H19ClF3N3O2/c17-13-11(8-22-4-5-23-3-1-2-9(23)7-22)12(16(18,19)20)6-10(14(13)21)15(24)25/h6,9H,1-5,7-8,21H2,(H,24,25)/t9-/m0/s1. The van der Waals surface area contributed by atoms with Gasteiger partial charge in [0, 0.05) is 32.2 Å². The summed E-state index contributed by atoms with van der Waals surface area (Å²) < 4.78 is 40.4. The number of piperazine rings is 1. The molecule has 0 spiro atoms. The molecule has 3 rings (SSSR count). The lowest BCUT2D eigenvalue weighted by Gasteiger charge is -2.38. The Hall–Kier alpha value is -1.51. The van der Waals surface area contributed by atoms with E-state index in [1.165, 1.54) is 0 Å². The van der Waals surface area contributed by atoms with Gasteiger partial charge in [-0.1, -0.05) is 11.6 Å². The van der Waals surface area contributed by atoms with Gasteiger partial charge in [0.25, 0.3) is 0 Å². The molecule has 25 heavy (non-hydrogen) atoms. The van der Waals surface area contributed by atoms with Crippen molar-refractivity contribution >= 4 is 23.3 Å². The summed E-state index contributed by atoms with van der Waals surface area (Å²) in [6.07, 6.45) is -2.56. The van der Waals surface area contributed by atoms with Gasteiger partial charge in [-0.2, -0.15) is 13.2 Å². The molecule has 0 bridgehead atoms. The van der Waals surface area contributed by atoms with E-state index in [4.69, 9.17) is 22.4 Å². The summed E-state index contributed by atoms with van der Waals surface area (Å²) in [5.74, 6) is -1.53. The van der Waals surface area contributed by atoms with Crippen molar-refractivity contribution in [2.45, 2.75) is 31.6 Å². The van der Waals surface area contributed by atoms with Gasteiger partial charge >= 0.3 is 12.1 Å². The molecule has 0 amide bonds. The van der Waals surface area contributed by atoms with Crippen molar-refractivity contribution in [2.75, 3.05) is 31.9 Å². The van der Waals surface area contributed by atoms with E-state index in [0.29, 0.717) is 25.2 Å². The summed E-state index contributed by atoms with van der Waals surface area (Å²) >= 11 is 6.06. The number of rotatable bonds is 3. The highest BCUT2D eigenvalue weighted by Crippen LogP contribution is 2.40. The number of hydrogen-bond donors (Lipinski definition) is 2. The van der Waals surface area contributed by atoms with Crippen LogP contribution >= 0.6 is 11.6 Å². The first-order valence-electron chi connectivity index (χ1n) is 8.06. The number of nitrogens with two attached hydrogens (primary N) is 1. The molecule has 3 N–H and O–H groups in total. The Balaban J connectivity index is 1.94. The van der Waals surface area contributed by atoms with E-state index in [0.717, 1.165) is 25.9 Å². The molecule has 0 unspecified atom stereocenters. The van der Waals surface area contributed by atoms with Gasteiger partial charge in [-0.15, -0.1) is 0 Å². The lowest BCUT2D eigenvalue weighted by atomic mass is 10.00. The Labute approximate surface area is 148 Å². The lowest BCUT2D eigenvalue weighted by Crippen LogP contribution is -2.49. The third-order valence-electron chi connectivity index (χ3n) is 4.99. The van der Waals surface area contributed by atoms with Crippen molar-refractivity contribution in [1.82, 2.24) is 9.80 Å². The van der Waals surface area contributed by atoms with Crippen LogP contribution in [0.4, 0.5) is 18.9 Å². The monoisotopic (exact) mass is 377 g/mol. The van der Waals surface area contributed by atoms with E-state index >= 15 is 0 Å². The Kier molecular flexibility index (Phi) is 4.87. The number of benzene rings is 1. The Morgan fingerprint density at radius 2 is 2.08 bits per heavy atom. The van der Waals surface area contributed by atoms with Gasteiger partial charge < -0.3 is 10.8 Å². The number of carboxylic acids is 1. The average molecular weight is 378 g/mol. The van der Waals surface area contributed by atoms with Crippen molar-refractivity contribution in [3.63, 3.8) is 0 Å². The molecule has 2 saturated heterocycles. The van der Waals surface area contributed by atoms with E-state index in [1.54, 1.807) is 0 Å². The molecule has 2 aliphatic heterocycles. The van der Waals surface area contributed by atoms with E-state index in [-0.39, 0.29) is 22.8 Å². The fourth-order valence-corrected chi connectivity index (χ4v) is 3.98. The number of halogens is 4. The zero-order valence-corrected chi connectivity index (χ0v) is 14.2. The maximum atomic E-state index is 13.5. The first-order chi connectivity index (χ1) is 11.7. The second-order valence-electron chi connectivity index (χ2n) is 6.55. The van der Waals surface area contributed by atoms with Crippen LogP contribution in [0.15, 0.2) is 6.07 Å². The molecule has 2 heterocycles. The molecule has 1 atom stereocenters. The molecule has 2 aliphatic rings. The largest absolute Gasteiger partial charge is 0.478 e. The number of fused-ring (bicyclic) bond motifs is 1. The molecular formula is C16H19ClF3N3O2. The smallest absolute Gasteiger partial charge is 0.416 e. The lowest BCUT2D eigenvalue weighted by molar-refractivity contribution is -0.138. The van der Waals surface area contributed by atoms with Gasteiger partial charge in [0.15, 0.2) is 0 Å². The quantitative estimate of drug-likeness (QED) is 0.793. The second-order valence-corrected chi connectivity index (χ2v) is 6.93. The van der Waals surface area contributed by atoms with E-state index < -0.39 is 23.3 Å². The first kappa shape index (κ1) is 18.3. The summed E-state index contributed by atoms with van der Waals surface area (Å²) in [5.41, 5.74) is 3.55. The highest BCUT2D eigenvalue weighted by Gasteiger charge is 2.38. The van der Waals surface area contributed by atoms with Crippen LogP contribution in [-0.2, 0) is 12.7 Å². The van der Waals surface area contributed by atoms with Crippen molar-refractivity contribution in [3.05, 3.63) is 27.8 Å². The number of hydrogen-bond acceptors (Lipinski definition) is 4. The molecule has 0 saturated carbocycles. The van der Waals surface area contributed by atoms with Crippen molar-refractivity contribution in [1.29, 1.82) is 0 Å². The van der Waals surface area contributed by atoms with Gasteiger partial charge in [-0.3, -0.25) is 9.80 Å². The van der Waals surface area contributed by atoms with Crippen LogP contribution in [0.2, 0.25) is 5.02 Å². The highest BCUT2D eigenvalue weighted by atomic mass is 35.5. The number of alkyl halides is 3. The van der Waals surface area contributed by atoms with E-state index in [9.17, 15) is 18.0 Å². The van der Waals surface area contributed by atoms with Crippen LogP contribution < -0.4 is 5.73 Å². The van der Waals surface area contributed by atoms with Gasteiger partial charge in [-0.05, 0) is 31.0 Å². The summed E-state index contributed by atoms with van der Waals surface area (Å²) in [6, 6.07) is 0.947. The van der Waals surface area contributed by atoms with Crippen LogP contribution in [0.25, 0.3) is 0 Å². The summed E-state index contributed by atoms with van der Waals surface area (Å²) in [6.45, 7) is 3.17. The Morgan fingerprint density at radius 3 is 2.72 bits per heavy atom. The molecule has 138 valence electrons. The maximum absolute atomic E-state index is 13.5. The molecule has 0 radical (unpaired) electrons. The summed E-state index contributed by atoms with van der Waals surface area (Å²) in [7, 11) is 0. The Morgan fingerprint density at radius 1 is 1.36 bits per heavy atom. The van der Waals surface area contributed by atoms with Gasteiger partial charge in [0.1, 0.15) is 0 Å². The maximum Gasteiger partial charge on any atom is 0.416 e. The number of nitrogens with zero attached hydrogens (tertiary/aromatic N) is 2. The third kappa shape index (κ3) is 3.56. The van der Waals surface area contributed by atoms with Crippen molar-refractivity contribution < 1.29 is 23.1 Å². The average Bonchev–Trinajstić information content (AvgIpc) is 2.98. The fourth-order valence-electron chi connectivity index (χ4n) is 3.72. The second kappa shape index (κ2) is 6.66. The van der Waals surface area contributed by atoms with E-state index in [1.807, 2.05) is 4.90 Å². The third-order valence-corrected chi connectivity index (χ3v) is 5.43. The minimum atomic E-state index is -4.70. The minimum absolute atomic E-state index is 0.00210. The molecule has 0 aromatic heterocycles. The number of anilines is 1. The number of carboxylic acid groups (broad SMARTS) is 1. The normalized spacial score (nSPS) is 22.2. The SMILES string of the molecule is Nc1c(C(=O)O)cc(C(F)(F)F)c(CN2CCN3CCC[C@H]3C2)c1Cl. The van der Waals surface area contributed by atoms with Gasteiger partial charge in [0.05, 0.1) is 21.8 Å². The van der Waals surface area contributed by atoms with Gasteiger partial charge in [-0.25, -0.2) is 4.79 Å². The predicted molar refractivity (Wildman–Crippen MR) is 87.7 cm³/mol. The minimum Gasteiger partial charge on any atom is -0.478 e. The van der Waals surface area contributed by atoms with Crippen molar-refractivity contribution in [2.24, 2.45) is 0 Å². The number of nitrogen functional groups attached to an aromatic ring is 1. The number of aromatic carboxylic acids is 1. The zero-order valence-electron chi connectivity index (χ0n) is 13.4. The molecule has 9 heteroatoms. The molecular weight excluding hydrogens is 359 g/mol. The van der Waals surface area contributed by atoms with Crippen molar-refractivity contribution in [3.8, 4) is 0 Å². The summed E-state index contributed by atoms with van der Waals surface area (Å²) in [5, 5.41) is 8.75. The van der Waals surface area contributed by atoms with Crippen LogP contribution in [0.3, 0.4) is 0 Å². The fraction of sp³-hybridized carbons (Fsp3) is 0.562. The topological polar surface area (TPSA) is 69.8 Å². The van der Waals surface area contributed by atoms with Crippen LogP contribution in [-0.4, -0.2) is 53.1 Å². The first-order valence-corrected chi connectivity index (χ1v) is 8.44. The van der Waals surface area contributed by atoms with Gasteiger partial charge in [0.2, 0.25) is 0 Å². The van der Waals surface area contributed by atoms with Crippen LogP contribution in [0.1, 0.15) is 34.3 Å². The predicted octanol–water partition coefficient (Wildman–Crippen LogP) is 2.92. The zero-order chi connectivity index (χ0) is 18.4. The highest BCUT2D eigenvalue weighted by molar-refractivity contribution is 6.34.